The Labute approximate surface area is 130 Å². The lowest BCUT2D eigenvalue weighted by Gasteiger charge is -2.38. The number of nitrogens with zero attached hydrogens (tertiary/aromatic N) is 1. The summed E-state index contributed by atoms with van der Waals surface area (Å²) in [5, 5.41) is 2.92. The highest BCUT2D eigenvalue weighted by molar-refractivity contribution is 5.96. The van der Waals surface area contributed by atoms with Crippen LogP contribution in [0.15, 0.2) is 18.2 Å². The van der Waals surface area contributed by atoms with Gasteiger partial charge in [-0.05, 0) is 48.9 Å². The second-order valence-corrected chi connectivity index (χ2v) is 6.43. The van der Waals surface area contributed by atoms with Crippen LogP contribution < -0.4 is 10.1 Å². The molecule has 0 aliphatic carbocycles. The van der Waals surface area contributed by atoms with E-state index in [0.717, 1.165) is 49.4 Å². The van der Waals surface area contributed by atoms with Gasteiger partial charge in [-0.3, -0.25) is 9.59 Å². The zero-order valence-corrected chi connectivity index (χ0v) is 13.1. The number of methoxy groups -OCH3 is 1. The zero-order valence-electron chi connectivity index (χ0n) is 13.1. The number of rotatable bonds is 2. The second-order valence-electron chi connectivity index (χ2n) is 6.43. The molecule has 0 radical (unpaired) electrons. The highest BCUT2D eigenvalue weighted by Gasteiger charge is 2.41. The molecule has 2 amide bonds. The third kappa shape index (κ3) is 2.67. The first-order valence-corrected chi connectivity index (χ1v) is 7.74. The SMILES string of the molecule is COc1ccc(C(=O)N2CCC3(CC2)CNC(=O)C3)c(C)c1. The van der Waals surface area contributed by atoms with Gasteiger partial charge in [0.25, 0.3) is 5.91 Å². The largest absolute Gasteiger partial charge is 0.497 e. The van der Waals surface area contributed by atoms with Gasteiger partial charge in [0.2, 0.25) is 5.91 Å². The third-order valence-electron chi connectivity index (χ3n) is 4.97. The number of carbonyl (C=O) groups excluding carboxylic acids is 2. The Balaban J connectivity index is 1.68. The van der Waals surface area contributed by atoms with E-state index in [2.05, 4.69) is 5.32 Å². The maximum absolute atomic E-state index is 12.7. The lowest BCUT2D eigenvalue weighted by molar-refractivity contribution is -0.119. The molecular weight excluding hydrogens is 280 g/mol. The van der Waals surface area contributed by atoms with Gasteiger partial charge >= 0.3 is 0 Å². The molecule has 1 aromatic rings. The molecule has 0 atom stereocenters. The molecule has 0 unspecified atom stereocenters. The maximum atomic E-state index is 12.7. The molecule has 5 nitrogen and oxygen atoms in total. The van der Waals surface area contributed by atoms with Crippen LogP contribution in [0.5, 0.6) is 5.75 Å². The molecule has 118 valence electrons. The molecule has 2 saturated heterocycles. The number of carbonyl (C=O) groups is 2. The Bertz CT molecular complexity index is 604. The summed E-state index contributed by atoms with van der Waals surface area (Å²) in [4.78, 5) is 26.1. The fraction of sp³-hybridized carbons (Fsp3) is 0.529. The minimum absolute atomic E-state index is 0.0722. The average Bonchev–Trinajstić information content (AvgIpc) is 2.88. The van der Waals surface area contributed by atoms with Crippen LogP contribution in [-0.2, 0) is 4.79 Å². The number of piperidine rings is 1. The highest BCUT2D eigenvalue weighted by Crippen LogP contribution is 2.37. The van der Waals surface area contributed by atoms with Crippen LogP contribution in [0.3, 0.4) is 0 Å². The van der Waals surface area contributed by atoms with Crippen LogP contribution in [0.1, 0.15) is 35.2 Å². The molecule has 0 bridgehead atoms. The molecule has 3 rings (SSSR count). The third-order valence-corrected chi connectivity index (χ3v) is 4.97. The normalized spacial score (nSPS) is 20.1. The second kappa shape index (κ2) is 5.63. The summed E-state index contributed by atoms with van der Waals surface area (Å²) in [6.07, 6.45) is 2.40. The predicted molar refractivity (Wildman–Crippen MR) is 82.9 cm³/mol. The van der Waals surface area contributed by atoms with Crippen molar-refractivity contribution in [3.8, 4) is 5.75 Å². The van der Waals surface area contributed by atoms with Gasteiger partial charge in [0.05, 0.1) is 7.11 Å². The van der Waals surface area contributed by atoms with E-state index in [-0.39, 0.29) is 17.2 Å². The van der Waals surface area contributed by atoms with Crippen molar-refractivity contribution in [1.82, 2.24) is 10.2 Å². The number of likely N-dealkylation sites (tertiary alicyclic amines) is 1. The topological polar surface area (TPSA) is 58.6 Å². The molecule has 1 N–H and O–H groups in total. The standard InChI is InChI=1S/C17H22N2O3/c1-12-9-13(22-2)3-4-14(12)16(21)19-7-5-17(6-8-19)10-15(20)18-11-17/h3-4,9H,5-8,10-11H2,1-2H3,(H,18,20). The van der Waals surface area contributed by atoms with Crippen LogP contribution in [0.2, 0.25) is 0 Å². The summed E-state index contributed by atoms with van der Waals surface area (Å²) in [5.41, 5.74) is 1.74. The van der Waals surface area contributed by atoms with E-state index in [0.29, 0.717) is 6.42 Å². The number of aryl methyl sites for hydroxylation is 1. The van der Waals surface area contributed by atoms with Gasteiger partial charge in [0, 0.05) is 31.6 Å². The smallest absolute Gasteiger partial charge is 0.254 e. The van der Waals surface area contributed by atoms with Gasteiger partial charge in [-0.15, -0.1) is 0 Å². The van der Waals surface area contributed by atoms with Crippen molar-refractivity contribution in [3.05, 3.63) is 29.3 Å². The van der Waals surface area contributed by atoms with Gasteiger partial charge in [-0.2, -0.15) is 0 Å². The predicted octanol–water partition coefficient (Wildman–Crippen LogP) is 1.75. The first-order chi connectivity index (χ1) is 10.5. The van der Waals surface area contributed by atoms with Crippen molar-refractivity contribution < 1.29 is 14.3 Å². The molecule has 0 saturated carbocycles. The molecule has 2 aliphatic heterocycles. The number of benzene rings is 1. The summed E-state index contributed by atoms with van der Waals surface area (Å²) in [6.45, 7) is 4.13. The van der Waals surface area contributed by atoms with Crippen LogP contribution in [0, 0.1) is 12.3 Å². The maximum Gasteiger partial charge on any atom is 0.254 e. The van der Waals surface area contributed by atoms with Gasteiger partial charge in [0.1, 0.15) is 5.75 Å². The lowest BCUT2D eigenvalue weighted by Crippen LogP contribution is -2.44. The van der Waals surface area contributed by atoms with E-state index in [4.69, 9.17) is 4.74 Å². The summed E-state index contributed by atoms with van der Waals surface area (Å²) in [7, 11) is 1.62. The van der Waals surface area contributed by atoms with Crippen molar-refractivity contribution in [3.63, 3.8) is 0 Å². The summed E-state index contributed by atoms with van der Waals surface area (Å²) in [6, 6.07) is 5.55. The Morgan fingerprint density at radius 2 is 2.05 bits per heavy atom. The summed E-state index contributed by atoms with van der Waals surface area (Å²) in [5.74, 6) is 0.986. The van der Waals surface area contributed by atoms with Gasteiger partial charge in [-0.1, -0.05) is 0 Å². The van der Waals surface area contributed by atoms with E-state index in [1.165, 1.54) is 0 Å². The first kappa shape index (κ1) is 14.9. The first-order valence-electron chi connectivity index (χ1n) is 7.74. The Kier molecular flexibility index (Phi) is 3.81. The molecule has 22 heavy (non-hydrogen) atoms. The highest BCUT2D eigenvalue weighted by atomic mass is 16.5. The van der Waals surface area contributed by atoms with E-state index in [1.807, 2.05) is 30.0 Å². The number of hydrogen-bond acceptors (Lipinski definition) is 3. The Hall–Kier alpha value is -2.04. The molecular formula is C17H22N2O3. The molecule has 2 aliphatic rings. The van der Waals surface area contributed by atoms with E-state index in [9.17, 15) is 9.59 Å². The quantitative estimate of drug-likeness (QED) is 0.905. The fourth-order valence-corrected chi connectivity index (χ4v) is 3.46. The van der Waals surface area contributed by atoms with Crippen molar-refractivity contribution >= 4 is 11.8 Å². The Morgan fingerprint density at radius 1 is 1.32 bits per heavy atom. The average molecular weight is 302 g/mol. The number of hydrogen-bond donors (Lipinski definition) is 1. The van der Waals surface area contributed by atoms with Gasteiger partial charge < -0.3 is 15.0 Å². The zero-order chi connectivity index (χ0) is 15.7. The van der Waals surface area contributed by atoms with Crippen LogP contribution in [0.4, 0.5) is 0 Å². The monoisotopic (exact) mass is 302 g/mol. The number of ether oxygens (including phenoxy) is 1. The summed E-state index contributed by atoms with van der Waals surface area (Å²) < 4.78 is 5.18. The Morgan fingerprint density at radius 3 is 2.59 bits per heavy atom. The minimum Gasteiger partial charge on any atom is -0.497 e. The molecule has 1 aromatic carbocycles. The lowest BCUT2D eigenvalue weighted by atomic mass is 9.77. The fourth-order valence-electron chi connectivity index (χ4n) is 3.46. The van der Waals surface area contributed by atoms with Crippen molar-refractivity contribution in [1.29, 1.82) is 0 Å². The van der Waals surface area contributed by atoms with Crippen molar-refractivity contribution in [2.45, 2.75) is 26.2 Å². The molecule has 5 heteroatoms. The van der Waals surface area contributed by atoms with Gasteiger partial charge in [-0.25, -0.2) is 0 Å². The molecule has 2 heterocycles. The number of amides is 2. The molecule has 1 spiro atoms. The van der Waals surface area contributed by atoms with Crippen molar-refractivity contribution in [2.24, 2.45) is 5.41 Å². The van der Waals surface area contributed by atoms with E-state index in [1.54, 1.807) is 7.11 Å². The van der Waals surface area contributed by atoms with Gasteiger partial charge in [0.15, 0.2) is 0 Å². The summed E-state index contributed by atoms with van der Waals surface area (Å²) >= 11 is 0. The van der Waals surface area contributed by atoms with Crippen LogP contribution >= 0.6 is 0 Å². The van der Waals surface area contributed by atoms with Crippen molar-refractivity contribution in [2.75, 3.05) is 26.7 Å². The molecule has 2 fully saturated rings. The van der Waals surface area contributed by atoms with E-state index < -0.39 is 0 Å². The van der Waals surface area contributed by atoms with Crippen LogP contribution in [0.25, 0.3) is 0 Å². The van der Waals surface area contributed by atoms with E-state index >= 15 is 0 Å². The molecule has 0 aromatic heterocycles. The van der Waals surface area contributed by atoms with Crippen LogP contribution in [-0.4, -0.2) is 43.5 Å². The number of nitrogens with one attached hydrogen (secondary N) is 1. The minimum atomic E-state index is 0.0722.